The van der Waals surface area contributed by atoms with Gasteiger partial charge in [0.15, 0.2) is 16.6 Å². The first kappa shape index (κ1) is 26.7. The number of carbonyl (C=O) groups is 1. The molecule has 0 aliphatic carbocycles. The molecule has 0 aliphatic rings. The Kier molecular flexibility index (Phi) is 9.79. The molecule has 0 N–H and O–H groups in total. The number of halogens is 2. The molecule has 3 rings (SSSR count). The van der Waals surface area contributed by atoms with Crippen LogP contribution in [-0.2, 0) is 4.79 Å². The maximum atomic E-state index is 13.2. The first-order valence-electron chi connectivity index (χ1n) is 9.86. The van der Waals surface area contributed by atoms with Gasteiger partial charge in [0.05, 0.1) is 31.5 Å². The minimum Gasteiger partial charge on any atom is -0.493 e. The summed E-state index contributed by atoms with van der Waals surface area (Å²) in [5.41, 5.74) is 1.56. The number of hydrogen-bond donors (Lipinski definition) is 0. The number of amides is 1. The summed E-state index contributed by atoms with van der Waals surface area (Å²) in [6, 6.07) is 9.09. The van der Waals surface area contributed by atoms with Crippen molar-refractivity contribution in [3.63, 3.8) is 0 Å². The second-order valence-electron chi connectivity index (χ2n) is 7.19. The molecule has 0 bridgehead atoms. The number of aromatic nitrogens is 1. The van der Waals surface area contributed by atoms with E-state index >= 15 is 0 Å². The lowest BCUT2D eigenvalue weighted by Gasteiger charge is -2.20. The van der Waals surface area contributed by atoms with E-state index in [1.54, 1.807) is 50.5 Å². The van der Waals surface area contributed by atoms with Crippen LogP contribution in [0.1, 0.15) is 5.56 Å². The minimum atomic E-state index is -0.175. The first-order valence-corrected chi connectivity index (χ1v) is 11.1. The van der Waals surface area contributed by atoms with Crippen LogP contribution in [0.15, 0.2) is 36.4 Å². The average Bonchev–Trinajstić information content (AvgIpc) is 3.19. The summed E-state index contributed by atoms with van der Waals surface area (Å²) >= 11 is 7.55. The SMILES string of the molecule is COc1cc(C=CC(=O)N(CCN(C)C)c2nc3ccc(Cl)cc3s2)cc(OC)c1OC.Cl. The summed E-state index contributed by atoms with van der Waals surface area (Å²) in [7, 11) is 8.59. The zero-order chi connectivity index (χ0) is 23.3. The molecule has 1 aromatic heterocycles. The maximum absolute atomic E-state index is 13.2. The van der Waals surface area contributed by atoms with Crippen LogP contribution in [0.5, 0.6) is 17.2 Å². The van der Waals surface area contributed by atoms with Crippen molar-refractivity contribution >= 4 is 62.7 Å². The Bertz CT molecular complexity index is 1110. The number of likely N-dealkylation sites (N-methyl/N-ethyl adjacent to an activating group) is 1. The molecule has 0 aliphatic heterocycles. The summed E-state index contributed by atoms with van der Waals surface area (Å²) in [5, 5.41) is 1.27. The molecule has 0 atom stereocenters. The second-order valence-corrected chi connectivity index (χ2v) is 8.64. The molecule has 0 saturated carbocycles. The fraction of sp³-hybridized carbons (Fsp3) is 0.304. The van der Waals surface area contributed by atoms with E-state index in [0.717, 1.165) is 15.8 Å². The first-order chi connectivity index (χ1) is 15.4. The maximum Gasteiger partial charge on any atom is 0.252 e. The highest BCUT2D eigenvalue weighted by Crippen LogP contribution is 2.38. The standard InChI is InChI=1S/C23H26ClN3O4S.ClH/c1-26(2)10-11-27(23-25-17-8-7-16(24)14-20(17)32-23)21(28)9-6-15-12-18(29-3)22(31-5)19(13-15)30-4;/h6-9,12-14H,10-11H2,1-5H3;1H. The van der Waals surface area contributed by atoms with Crippen LogP contribution in [-0.4, -0.2) is 64.3 Å². The zero-order valence-electron chi connectivity index (χ0n) is 19.1. The van der Waals surface area contributed by atoms with Gasteiger partial charge >= 0.3 is 0 Å². The molecule has 0 unspecified atom stereocenters. The molecule has 0 spiro atoms. The zero-order valence-corrected chi connectivity index (χ0v) is 21.5. The lowest BCUT2D eigenvalue weighted by molar-refractivity contribution is -0.114. The molecule has 7 nitrogen and oxygen atoms in total. The smallest absolute Gasteiger partial charge is 0.252 e. The number of anilines is 1. The van der Waals surface area contributed by atoms with E-state index in [0.29, 0.717) is 40.5 Å². The van der Waals surface area contributed by atoms with Crippen LogP contribution in [0.3, 0.4) is 0 Å². The molecule has 33 heavy (non-hydrogen) atoms. The van der Waals surface area contributed by atoms with Gasteiger partial charge in [-0.2, -0.15) is 0 Å². The Morgan fingerprint density at radius 2 is 1.73 bits per heavy atom. The fourth-order valence-electron chi connectivity index (χ4n) is 3.06. The highest BCUT2D eigenvalue weighted by molar-refractivity contribution is 7.22. The molecule has 0 fully saturated rings. The minimum absolute atomic E-state index is 0. The highest BCUT2D eigenvalue weighted by Gasteiger charge is 2.19. The summed E-state index contributed by atoms with van der Waals surface area (Å²) in [6.45, 7) is 1.19. The van der Waals surface area contributed by atoms with Crippen LogP contribution in [0.2, 0.25) is 5.02 Å². The number of nitrogens with zero attached hydrogens (tertiary/aromatic N) is 3. The van der Waals surface area contributed by atoms with Crippen molar-refractivity contribution in [1.82, 2.24) is 9.88 Å². The van der Waals surface area contributed by atoms with Gasteiger partial charge in [-0.3, -0.25) is 9.69 Å². The van der Waals surface area contributed by atoms with E-state index in [-0.39, 0.29) is 18.3 Å². The average molecular weight is 512 g/mol. The summed E-state index contributed by atoms with van der Waals surface area (Å²) in [6.07, 6.45) is 3.25. The number of methoxy groups -OCH3 is 3. The molecule has 2 aromatic carbocycles. The predicted molar refractivity (Wildman–Crippen MR) is 138 cm³/mol. The number of carbonyl (C=O) groups excluding carboxylic acids is 1. The summed E-state index contributed by atoms with van der Waals surface area (Å²) in [5.74, 6) is 1.36. The largest absolute Gasteiger partial charge is 0.493 e. The molecule has 1 amide bonds. The quantitative estimate of drug-likeness (QED) is 0.376. The molecular weight excluding hydrogens is 485 g/mol. The molecule has 178 valence electrons. The van der Waals surface area contributed by atoms with Gasteiger partial charge in [-0.15, -0.1) is 12.4 Å². The Morgan fingerprint density at radius 1 is 1.06 bits per heavy atom. The topological polar surface area (TPSA) is 64.1 Å². The van der Waals surface area contributed by atoms with Crippen molar-refractivity contribution in [1.29, 1.82) is 0 Å². The Hall–Kier alpha value is -2.52. The summed E-state index contributed by atoms with van der Waals surface area (Å²) in [4.78, 5) is 21.5. The van der Waals surface area contributed by atoms with Crippen molar-refractivity contribution < 1.29 is 19.0 Å². The van der Waals surface area contributed by atoms with Crippen molar-refractivity contribution in [2.75, 3.05) is 53.4 Å². The second kappa shape index (κ2) is 12.1. The van der Waals surface area contributed by atoms with E-state index in [9.17, 15) is 4.79 Å². The molecular formula is C23H27Cl2N3O4S. The number of ether oxygens (including phenoxy) is 3. The van der Waals surface area contributed by atoms with Crippen LogP contribution >= 0.6 is 35.3 Å². The van der Waals surface area contributed by atoms with Crippen molar-refractivity contribution in [3.8, 4) is 17.2 Å². The van der Waals surface area contributed by atoms with Crippen molar-refractivity contribution in [3.05, 3.63) is 47.0 Å². The lowest BCUT2D eigenvalue weighted by Crippen LogP contribution is -2.35. The van der Waals surface area contributed by atoms with Crippen molar-refractivity contribution in [2.24, 2.45) is 0 Å². The third-order valence-electron chi connectivity index (χ3n) is 4.71. The number of rotatable bonds is 9. The van der Waals surface area contributed by atoms with E-state index in [4.69, 9.17) is 25.8 Å². The fourth-order valence-corrected chi connectivity index (χ4v) is 4.33. The van der Waals surface area contributed by atoms with Gasteiger partial charge < -0.3 is 19.1 Å². The van der Waals surface area contributed by atoms with E-state index in [1.807, 2.05) is 31.1 Å². The predicted octanol–water partition coefficient (Wildman–Crippen LogP) is 5.01. The number of hydrogen-bond acceptors (Lipinski definition) is 7. The van der Waals surface area contributed by atoms with Crippen LogP contribution in [0.25, 0.3) is 16.3 Å². The number of thiazole rings is 1. The van der Waals surface area contributed by atoms with Gasteiger partial charge in [0.25, 0.3) is 5.91 Å². The Morgan fingerprint density at radius 3 is 2.30 bits per heavy atom. The molecule has 0 radical (unpaired) electrons. The highest BCUT2D eigenvalue weighted by atomic mass is 35.5. The van der Waals surface area contributed by atoms with Gasteiger partial charge in [-0.05, 0) is 56.1 Å². The van der Waals surface area contributed by atoms with Gasteiger partial charge in [0, 0.05) is 24.2 Å². The lowest BCUT2D eigenvalue weighted by atomic mass is 10.1. The Labute approximate surface area is 208 Å². The van der Waals surface area contributed by atoms with Crippen LogP contribution in [0, 0.1) is 0 Å². The van der Waals surface area contributed by atoms with E-state index in [1.165, 1.54) is 17.4 Å². The van der Waals surface area contributed by atoms with Gasteiger partial charge in [0.1, 0.15) is 0 Å². The number of benzene rings is 2. The molecule has 1 heterocycles. The third-order valence-corrected chi connectivity index (χ3v) is 5.99. The molecule has 10 heteroatoms. The third kappa shape index (κ3) is 6.51. The summed E-state index contributed by atoms with van der Waals surface area (Å²) < 4.78 is 17.1. The van der Waals surface area contributed by atoms with E-state index in [2.05, 4.69) is 4.98 Å². The normalized spacial score (nSPS) is 11.0. The van der Waals surface area contributed by atoms with Gasteiger partial charge in [0.2, 0.25) is 5.75 Å². The van der Waals surface area contributed by atoms with Gasteiger partial charge in [-0.25, -0.2) is 4.98 Å². The van der Waals surface area contributed by atoms with Gasteiger partial charge in [-0.1, -0.05) is 22.9 Å². The van der Waals surface area contributed by atoms with Crippen LogP contribution in [0.4, 0.5) is 5.13 Å². The molecule has 3 aromatic rings. The van der Waals surface area contributed by atoms with Crippen LogP contribution < -0.4 is 19.1 Å². The number of fused-ring (bicyclic) bond motifs is 1. The monoisotopic (exact) mass is 511 g/mol. The Balaban J connectivity index is 0.00000385. The van der Waals surface area contributed by atoms with Crippen molar-refractivity contribution in [2.45, 2.75) is 0 Å². The molecule has 0 saturated heterocycles. The van der Waals surface area contributed by atoms with E-state index < -0.39 is 0 Å².